The Balaban J connectivity index is 1.67. The Hall–Kier alpha value is -2.25. The molecule has 23 heavy (non-hydrogen) atoms. The summed E-state index contributed by atoms with van der Waals surface area (Å²) in [6.07, 6.45) is 3.91. The number of carbonyl (C=O) groups excluding carboxylic acids is 1. The van der Waals surface area contributed by atoms with Crippen LogP contribution < -0.4 is 10.9 Å². The minimum atomic E-state index is -0.300. The third-order valence-corrected chi connectivity index (χ3v) is 4.55. The quantitative estimate of drug-likeness (QED) is 0.717. The summed E-state index contributed by atoms with van der Waals surface area (Å²) >= 11 is 4.84. The molecule has 1 aromatic carbocycles. The molecule has 3 aromatic rings. The van der Waals surface area contributed by atoms with Gasteiger partial charge in [0, 0.05) is 34.2 Å². The van der Waals surface area contributed by atoms with Crippen molar-refractivity contribution >= 4 is 38.3 Å². The molecule has 0 unspecified atom stereocenters. The number of aromatic nitrogens is 2. The largest absolute Gasteiger partial charge is 0.328 e. The number of pyridine rings is 1. The number of thiazole rings is 1. The molecule has 7 heteroatoms. The maximum absolute atomic E-state index is 12.1. The zero-order valence-electron chi connectivity index (χ0n) is 11.9. The van der Waals surface area contributed by atoms with E-state index in [9.17, 15) is 9.59 Å². The molecule has 5 nitrogen and oxygen atoms in total. The van der Waals surface area contributed by atoms with Crippen molar-refractivity contribution in [2.75, 3.05) is 5.32 Å². The molecule has 0 radical (unpaired) electrons. The number of benzene rings is 1. The number of nitrogens with one attached hydrogen (secondary N) is 2. The average Bonchev–Trinajstić information content (AvgIpc) is 2.97. The minimum absolute atomic E-state index is 0.243. The summed E-state index contributed by atoms with van der Waals surface area (Å²) in [5.41, 5.74) is 1.32. The molecule has 0 atom stereocenters. The third kappa shape index (κ3) is 4.14. The average molecular weight is 390 g/mol. The minimum Gasteiger partial charge on any atom is -0.328 e. The van der Waals surface area contributed by atoms with Gasteiger partial charge in [0.05, 0.1) is 5.56 Å². The molecular weight excluding hydrogens is 378 g/mol. The van der Waals surface area contributed by atoms with Crippen LogP contribution in [0, 0.1) is 0 Å². The van der Waals surface area contributed by atoms with E-state index in [1.807, 2.05) is 24.3 Å². The summed E-state index contributed by atoms with van der Waals surface area (Å²) in [4.78, 5) is 30.8. The number of halogens is 1. The molecule has 0 aliphatic heterocycles. The smallest absolute Gasteiger partial charge is 0.258 e. The van der Waals surface area contributed by atoms with E-state index in [-0.39, 0.29) is 11.5 Å². The molecule has 3 rings (SSSR count). The number of aromatic amines is 1. The summed E-state index contributed by atoms with van der Waals surface area (Å²) in [5, 5.41) is 3.27. The van der Waals surface area contributed by atoms with Gasteiger partial charge in [-0.25, -0.2) is 4.98 Å². The number of anilines is 1. The van der Waals surface area contributed by atoms with Crippen molar-refractivity contribution in [3.8, 4) is 0 Å². The van der Waals surface area contributed by atoms with E-state index in [2.05, 4.69) is 31.2 Å². The fourth-order valence-corrected chi connectivity index (χ4v) is 3.08. The Bertz CT molecular complexity index is 866. The first-order valence-electron chi connectivity index (χ1n) is 6.79. The first-order valence-corrected chi connectivity index (χ1v) is 8.40. The fourth-order valence-electron chi connectivity index (χ4n) is 1.97. The van der Waals surface area contributed by atoms with Crippen LogP contribution in [-0.2, 0) is 6.42 Å². The lowest BCUT2D eigenvalue weighted by atomic mass is 10.1. The van der Waals surface area contributed by atoms with Crippen LogP contribution >= 0.6 is 27.3 Å². The highest BCUT2D eigenvalue weighted by atomic mass is 79.9. The topological polar surface area (TPSA) is 74.8 Å². The first kappa shape index (κ1) is 15.6. The molecule has 2 N–H and O–H groups in total. The van der Waals surface area contributed by atoms with Crippen molar-refractivity contribution in [3.05, 3.63) is 79.6 Å². The molecule has 2 heterocycles. The molecular formula is C16H12BrN3O2S. The van der Waals surface area contributed by atoms with Gasteiger partial charge in [-0.05, 0) is 23.8 Å². The Kier molecular flexibility index (Phi) is 4.68. The molecule has 0 saturated carbocycles. The lowest BCUT2D eigenvalue weighted by Crippen LogP contribution is -2.14. The summed E-state index contributed by atoms with van der Waals surface area (Å²) in [7, 11) is 0. The second-order valence-corrected chi connectivity index (χ2v) is 6.86. The number of carbonyl (C=O) groups is 1. The molecule has 0 bridgehead atoms. The summed E-state index contributed by atoms with van der Waals surface area (Å²) in [5.74, 6) is -0.300. The zero-order valence-corrected chi connectivity index (χ0v) is 14.3. The van der Waals surface area contributed by atoms with E-state index in [0.29, 0.717) is 10.7 Å². The standard InChI is InChI=1S/C16H12BrN3O2S/c17-12-4-1-10(2-5-12)7-13-9-19-16(23-13)20-15(22)11-3-6-14(21)18-8-11/h1-6,8-9H,7H2,(H,18,21)(H,19,20,22). The van der Waals surface area contributed by atoms with Gasteiger partial charge in [0.2, 0.25) is 5.56 Å². The number of rotatable bonds is 4. The van der Waals surface area contributed by atoms with Crippen LogP contribution in [0.15, 0.2) is 58.1 Å². The third-order valence-electron chi connectivity index (χ3n) is 3.11. The van der Waals surface area contributed by atoms with Crippen molar-refractivity contribution in [1.29, 1.82) is 0 Å². The Morgan fingerprint density at radius 1 is 1.22 bits per heavy atom. The van der Waals surface area contributed by atoms with Crippen LogP contribution in [0.2, 0.25) is 0 Å². The lowest BCUT2D eigenvalue weighted by molar-refractivity contribution is 0.102. The van der Waals surface area contributed by atoms with Crippen molar-refractivity contribution in [1.82, 2.24) is 9.97 Å². The van der Waals surface area contributed by atoms with Gasteiger partial charge >= 0.3 is 0 Å². The number of amides is 1. The van der Waals surface area contributed by atoms with Gasteiger partial charge in [0.1, 0.15) is 0 Å². The number of nitrogens with zero attached hydrogens (tertiary/aromatic N) is 1. The van der Waals surface area contributed by atoms with Crippen LogP contribution in [0.1, 0.15) is 20.8 Å². The van der Waals surface area contributed by atoms with Gasteiger partial charge in [0.15, 0.2) is 5.13 Å². The van der Waals surface area contributed by atoms with Gasteiger partial charge < -0.3 is 4.98 Å². The van der Waals surface area contributed by atoms with Gasteiger partial charge in [-0.15, -0.1) is 11.3 Å². The van der Waals surface area contributed by atoms with Crippen molar-refractivity contribution in [2.24, 2.45) is 0 Å². The summed E-state index contributed by atoms with van der Waals surface area (Å²) in [6, 6.07) is 10.9. The normalized spacial score (nSPS) is 10.5. The highest BCUT2D eigenvalue weighted by molar-refractivity contribution is 9.10. The molecule has 0 aliphatic rings. The molecule has 116 valence electrons. The van der Waals surface area contributed by atoms with Crippen molar-refractivity contribution in [3.63, 3.8) is 0 Å². The summed E-state index contributed by atoms with van der Waals surface area (Å²) in [6.45, 7) is 0. The maximum Gasteiger partial charge on any atom is 0.258 e. The Morgan fingerprint density at radius 2 is 2.00 bits per heavy atom. The van der Waals surface area contributed by atoms with Crippen LogP contribution in [0.3, 0.4) is 0 Å². The predicted octanol–water partition coefficient (Wildman–Crippen LogP) is 3.44. The number of hydrogen-bond acceptors (Lipinski definition) is 4. The van der Waals surface area contributed by atoms with E-state index in [4.69, 9.17) is 0 Å². The van der Waals surface area contributed by atoms with Gasteiger partial charge in [-0.2, -0.15) is 0 Å². The first-order chi connectivity index (χ1) is 11.1. The van der Waals surface area contributed by atoms with E-state index in [0.717, 1.165) is 15.8 Å². The maximum atomic E-state index is 12.1. The highest BCUT2D eigenvalue weighted by Crippen LogP contribution is 2.22. The second kappa shape index (κ2) is 6.89. The monoisotopic (exact) mass is 389 g/mol. The fraction of sp³-hybridized carbons (Fsp3) is 0.0625. The molecule has 2 aromatic heterocycles. The lowest BCUT2D eigenvalue weighted by Gasteiger charge is -2.00. The zero-order chi connectivity index (χ0) is 16.2. The Morgan fingerprint density at radius 3 is 2.70 bits per heavy atom. The van der Waals surface area contributed by atoms with Crippen molar-refractivity contribution in [2.45, 2.75) is 6.42 Å². The van der Waals surface area contributed by atoms with E-state index >= 15 is 0 Å². The Labute approximate surface area is 144 Å². The number of H-pyrrole nitrogens is 1. The van der Waals surface area contributed by atoms with Gasteiger partial charge in [-0.1, -0.05) is 28.1 Å². The van der Waals surface area contributed by atoms with Crippen LogP contribution in [0.5, 0.6) is 0 Å². The van der Waals surface area contributed by atoms with Crippen LogP contribution in [0.25, 0.3) is 0 Å². The van der Waals surface area contributed by atoms with E-state index in [1.165, 1.54) is 35.2 Å². The van der Waals surface area contributed by atoms with Gasteiger partial charge in [0.25, 0.3) is 5.91 Å². The number of hydrogen-bond donors (Lipinski definition) is 2. The molecule has 0 fully saturated rings. The van der Waals surface area contributed by atoms with Crippen LogP contribution in [-0.4, -0.2) is 15.9 Å². The molecule has 0 saturated heterocycles. The highest BCUT2D eigenvalue weighted by Gasteiger charge is 2.09. The van der Waals surface area contributed by atoms with E-state index < -0.39 is 0 Å². The predicted molar refractivity (Wildman–Crippen MR) is 94.1 cm³/mol. The molecule has 0 aliphatic carbocycles. The second-order valence-electron chi connectivity index (χ2n) is 4.83. The van der Waals surface area contributed by atoms with Crippen molar-refractivity contribution < 1.29 is 4.79 Å². The molecule has 0 spiro atoms. The van der Waals surface area contributed by atoms with Gasteiger partial charge in [-0.3, -0.25) is 14.9 Å². The SMILES string of the molecule is O=C(Nc1ncc(Cc2ccc(Br)cc2)s1)c1ccc(=O)[nH]c1. The summed E-state index contributed by atoms with van der Waals surface area (Å²) < 4.78 is 1.04. The van der Waals surface area contributed by atoms with Crippen LogP contribution in [0.4, 0.5) is 5.13 Å². The van der Waals surface area contributed by atoms with E-state index in [1.54, 1.807) is 6.20 Å². The molecule has 1 amide bonds.